The van der Waals surface area contributed by atoms with Crippen molar-refractivity contribution in [1.82, 2.24) is 0 Å². The molecular formula is C17H27BO4S. The van der Waals surface area contributed by atoms with E-state index in [0.717, 1.165) is 5.46 Å². The number of hydrogen-bond acceptors (Lipinski definition) is 4. The molecule has 1 aromatic carbocycles. The Bertz CT molecular complexity index is 632. The molecule has 1 saturated heterocycles. The fourth-order valence-corrected chi connectivity index (χ4v) is 3.89. The van der Waals surface area contributed by atoms with Crippen molar-refractivity contribution in [1.29, 1.82) is 0 Å². The van der Waals surface area contributed by atoms with Crippen molar-refractivity contribution < 1.29 is 17.7 Å². The van der Waals surface area contributed by atoms with Crippen molar-refractivity contribution in [2.24, 2.45) is 5.92 Å². The third kappa shape index (κ3) is 3.98. The van der Waals surface area contributed by atoms with Gasteiger partial charge in [-0.3, -0.25) is 0 Å². The molecule has 23 heavy (non-hydrogen) atoms. The highest BCUT2D eigenvalue weighted by molar-refractivity contribution is 7.91. The van der Waals surface area contributed by atoms with E-state index >= 15 is 0 Å². The van der Waals surface area contributed by atoms with E-state index in [-0.39, 0.29) is 5.75 Å². The van der Waals surface area contributed by atoms with E-state index in [1.54, 1.807) is 24.3 Å². The fourth-order valence-electron chi connectivity index (χ4n) is 2.32. The van der Waals surface area contributed by atoms with Crippen molar-refractivity contribution in [2.45, 2.75) is 64.1 Å². The molecule has 0 aliphatic carbocycles. The second-order valence-corrected chi connectivity index (χ2v) is 9.77. The van der Waals surface area contributed by atoms with Crippen LogP contribution in [0.1, 0.15) is 48.0 Å². The molecule has 1 aliphatic heterocycles. The van der Waals surface area contributed by atoms with Gasteiger partial charge in [-0.05, 0) is 57.6 Å². The van der Waals surface area contributed by atoms with Crippen molar-refractivity contribution in [2.75, 3.05) is 5.75 Å². The largest absolute Gasteiger partial charge is 0.494 e. The van der Waals surface area contributed by atoms with Crippen LogP contribution in [-0.2, 0) is 19.1 Å². The lowest BCUT2D eigenvalue weighted by molar-refractivity contribution is 0.00578. The molecule has 0 unspecified atom stereocenters. The normalized spacial score (nSPS) is 20.2. The van der Waals surface area contributed by atoms with Gasteiger partial charge >= 0.3 is 7.12 Å². The van der Waals surface area contributed by atoms with Crippen LogP contribution in [-0.4, -0.2) is 32.5 Å². The van der Waals surface area contributed by atoms with E-state index in [9.17, 15) is 8.42 Å². The molecule has 1 heterocycles. The Morgan fingerprint density at radius 3 is 1.91 bits per heavy atom. The lowest BCUT2D eigenvalue weighted by Gasteiger charge is -2.32. The lowest BCUT2D eigenvalue weighted by Crippen LogP contribution is -2.41. The van der Waals surface area contributed by atoms with Gasteiger partial charge in [0.25, 0.3) is 0 Å². The number of rotatable bonds is 5. The van der Waals surface area contributed by atoms with Crippen LogP contribution in [0.5, 0.6) is 0 Å². The molecule has 0 N–H and O–H groups in total. The van der Waals surface area contributed by atoms with E-state index in [1.807, 2.05) is 41.5 Å². The maximum absolute atomic E-state index is 12.3. The average molecular weight is 338 g/mol. The van der Waals surface area contributed by atoms with E-state index in [1.165, 1.54) is 0 Å². The van der Waals surface area contributed by atoms with Gasteiger partial charge in [0.05, 0.1) is 21.9 Å². The quantitative estimate of drug-likeness (QED) is 0.775. The number of hydrogen-bond donors (Lipinski definition) is 0. The topological polar surface area (TPSA) is 52.6 Å². The molecule has 0 amide bonds. The third-order valence-electron chi connectivity index (χ3n) is 4.73. The van der Waals surface area contributed by atoms with Crippen LogP contribution < -0.4 is 5.46 Å². The van der Waals surface area contributed by atoms with Gasteiger partial charge in [-0.1, -0.05) is 26.0 Å². The van der Waals surface area contributed by atoms with Crippen molar-refractivity contribution in [3.05, 3.63) is 24.3 Å². The second-order valence-electron chi connectivity index (χ2n) is 7.66. The van der Waals surface area contributed by atoms with Gasteiger partial charge in [-0.2, -0.15) is 0 Å². The predicted molar refractivity (Wildman–Crippen MR) is 93.7 cm³/mol. The van der Waals surface area contributed by atoms with Crippen molar-refractivity contribution in [3.8, 4) is 0 Å². The maximum atomic E-state index is 12.3. The highest BCUT2D eigenvalue weighted by Crippen LogP contribution is 2.36. The van der Waals surface area contributed by atoms with Crippen LogP contribution in [0.2, 0.25) is 0 Å². The summed E-state index contributed by atoms with van der Waals surface area (Å²) in [6.07, 6.45) is 0.668. The minimum absolute atomic E-state index is 0.181. The van der Waals surface area contributed by atoms with Crippen LogP contribution in [0, 0.1) is 5.92 Å². The zero-order valence-corrected chi connectivity index (χ0v) is 15.7. The molecule has 6 heteroatoms. The monoisotopic (exact) mass is 338 g/mol. The van der Waals surface area contributed by atoms with Gasteiger partial charge < -0.3 is 9.31 Å². The molecule has 0 radical (unpaired) electrons. The molecule has 1 aromatic rings. The Balaban J connectivity index is 2.15. The SMILES string of the molecule is CC(C)CCS(=O)(=O)c1ccc(B2OC(C)(C)C(C)(C)O2)cc1. The molecule has 2 rings (SSSR count). The summed E-state index contributed by atoms with van der Waals surface area (Å²) in [6, 6.07) is 6.86. The zero-order chi connectivity index (χ0) is 17.5. The third-order valence-corrected chi connectivity index (χ3v) is 6.49. The molecule has 1 fully saturated rings. The second kappa shape index (κ2) is 6.23. The molecule has 4 nitrogen and oxygen atoms in total. The first kappa shape index (κ1) is 18.5. The van der Waals surface area contributed by atoms with Gasteiger partial charge in [0.15, 0.2) is 9.84 Å². The Hall–Kier alpha value is -0.845. The average Bonchev–Trinajstić information content (AvgIpc) is 2.66. The standard InChI is InChI=1S/C17H27BO4S/c1-13(2)11-12-23(19,20)15-9-7-14(8-10-15)18-21-16(3,4)17(5,6)22-18/h7-10,13H,11-12H2,1-6H3. The van der Waals surface area contributed by atoms with E-state index in [4.69, 9.17) is 9.31 Å². The van der Waals surface area contributed by atoms with Gasteiger partial charge in [-0.15, -0.1) is 0 Å². The zero-order valence-electron chi connectivity index (χ0n) is 14.9. The summed E-state index contributed by atoms with van der Waals surface area (Å²) >= 11 is 0. The van der Waals surface area contributed by atoms with Gasteiger partial charge in [0.2, 0.25) is 0 Å². The van der Waals surface area contributed by atoms with E-state index < -0.39 is 28.2 Å². The first-order valence-corrected chi connectivity index (χ1v) is 9.78. The van der Waals surface area contributed by atoms with E-state index in [2.05, 4.69) is 0 Å². The molecule has 0 aromatic heterocycles. The summed E-state index contributed by atoms with van der Waals surface area (Å²) in [4.78, 5) is 0.360. The van der Waals surface area contributed by atoms with Crippen LogP contribution >= 0.6 is 0 Å². The van der Waals surface area contributed by atoms with Crippen LogP contribution in [0.3, 0.4) is 0 Å². The molecule has 0 spiro atoms. The van der Waals surface area contributed by atoms with Gasteiger partial charge in [0, 0.05) is 0 Å². The Labute approximate surface area is 140 Å². The number of benzene rings is 1. The highest BCUT2D eigenvalue weighted by Gasteiger charge is 2.51. The van der Waals surface area contributed by atoms with Gasteiger partial charge in [-0.25, -0.2) is 8.42 Å². The molecule has 0 atom stereocenters. The molecule has 0 bridgehead atoms. The Kier molecular flexibility index (Phi) is 5.01. The summed E-state index contributed by atoms with van der Waals surface area (Å²) < 4.78 is 36.6. The fraction of sp³-hybridized carbons (Fsp3) is 0.647. The van der Waals surface area contributed by atoms with Gasteiger partial charge in [0.1, 0.15) is 0 Å². The molecule has 128 valence electrons. The van der Waals surface area contributed by atoms with Crippen molar-refractivity contribution in [3.63, 3.8) is 0 Å². The Morgan fingerprint density at radius 2 is 1.48 bits per heavy atom. The Morgan fingerprint density at radius 1 is 1.00 bits per heavy atom. The first-order chi connectivity index (χ1) is 10.4. The predicted octanol–water partition coefficient (Wildman–Crippen LogP) is 2.81. The summed E-state index contributed by atoms with van der Waals surface area (Å²) in [7, 11) is -3.69. The van der Waals surface area contributed by atoms with Crippen LogP contribution in [0.15, 0.2) is 29.2 Å². The smallest absolute Gasteiger partial charge is 0.399 e. The summed E-state index contributed by atoms with van der Waals surface area (Å²) in [6.45, 7) is 12.0. The van der Waals surface area contributed by atoms with Crippen LogP contribution in [0.25, 0.3) is 0 Å². The molecule has 1 aliphatic rings. The van der Waals surface area contributed by atoms with Crippen LogP contribution in [0.4, 0.5) is 0 Å². The first-order valence-electron chi connectivity index (χ1n) is 8.13. The molecular weight excluding hydrogens is 311 g/mol. The van der Waals surface area contributed by atoms with E-state index in [0.29, 0.717) is 17.2 Å². The summed E-state index contributed by atoms with van der Waals surface area (Å²) in [5.74, 6) is 0.550. The lowest BCUT2D eigenvalue weighted by atomic mass is 9.79. The minimum atomic E-state index is -3.22. The maximum Gasteiger partial charge on any atom is 0.494 e. The van der Waals surface area contributed by atoms with Crippen molar-refractivity contribution >= 4 is 22.4 Å². The minimum Gasteiger partial charge on any atom is -0.399 e. The molecule has 0 saturated carbocycles. The highest BCUT2D eigenvalue weighted by atomic mass is 32.2. The number of sulfone groups is 1. The summed E-state index contributed by atoms with van der Waals surface area (Å²) in [5.41, 5.74) is 0.0331. The summed E-state index contributed by atoms with van der Waals surface area (Å²) in [5, 5.41) is 0.